The predicted molar refractivity (Wildman–Crippen MR) is 59.0 cm³/mol. The molecule has 3 N–H and O–H groups in total. The summed E-state index contributed by atoms with van der Waals surface area (Å²) in [5, 5.41) is 0. The molecule has 0 bridgehead atoms. The lowest BCUT2D eigenvalue weighted by Crippen LogP contribution is -2.30. The zero-order valence-corrected chi connectivity index (χ0v) is 8.32. The number of rotatable bonds is 3. The molecule has 1 aliphatic heterocycles. The Bertz CT molecular complexity index is 273. The van der Waals surface area contributed by atoms with Crippen LogP contribution >= 0.6 is 0 Å². The molecule has 0 aliphatic carbocycles. The summed E-state index contributed by atoms with van der Waals surface area (Å²) in [5.41, 5.74) is 4.08. The van der Waals surface area contributed by atoms with E-state index in [0.29, 0.717) is 5.92 Å². The van der Waals surface area contributed by atoms with Gasteiger partial charge in [-0.3, -0.25) is 11.3 Å². The van der Waals surface area contributed by atoms with Gasteiger partial charge in [-0.2, -0.15) is 0 Å². The molecule has 1 aromatic rings. The standard InChI is InChI=1S/C11H17N3/c12-13-8-10-6-7-14(9-10)11-4-2-1-3-5-11/h1-5,10,13H,6-9,12H2. The molecule has 1 heterocycles. The van der Waals surface area contributed by atoms with Crippen LogP contribution < -0.4 is 16.2 Å². The number of anilines is 1. The summed E-state index contributed by atoms with van der Waals surface area (Å²) in [6.07, 6.45) is 1.24. The predicted octanol–water partition coefficient (Wildman–Crippen LogP) is 0.976. The Morgan fingerprint density at radius 2 is 2.14 bits per heavy atom. The maximum Gasteiger partial charge on any atom is 0.0366 e. The van der Waals surface area contributed by atoms with Gasteiger partial charge in [0.05, 0.1) is 0 Å². The van der Waals surface area contributed by atoms with E-state index in [4.69, 9.17) is 5.84 Å². The average molecular weight is 191 g/mol. The first-order chi connectivity index (χ1) is 6.90. The molecule has 14 heavy (non-hydrogen) atoms. The van der Waals surface area contributed by atoms with Crippen LogP contribution in [0.3, 0.4) is 0 Å². The summed E-state index contributed by atoms with van der Waals surface area (Å²) in [7, 11) is 0. The second kappa shape index (κ2) is 4.44. The summed E-state index contributed by atoms with van der Waals surface area (Å²) < 4.78 is 0. The Morgan fingerprint density at radius 1 is 1.36 bits per heavy atom. The minimum absolute atomic E-state index is 0.695. The topological polar surface area (TPSA) is 41.3 Å². The lowest BCUT2D eigenvalue weighted by molar-refractivity contribution is 0.528. The van der Waals surface area contributed by atoms with Gasteiger partial charge < -0.3 is 4.90 Å². The third-order valence-corrected chi connectivity index (χ3v) is 2.81. The fourth-order valence-corrected chi connectivity index (χ4v) is 2.04. The second-order valence-corrected chi connectivity index (χ2v) is 3.84. The van der Waals surface area contributed by atoms with Crippen molar-refractivity contribution in [3.05, 3.63) is 30.3 Å². The van der Waals surface area contributed by atoms with Gasteiger partial charge in [0, 0.05) is 25.3 Å². The molecule has 0 aromatic heterocycles. The van der Waals surface area contributed by atoms with E-state index >= 15 is 0 Å². The van der Waals surface area contributed by atoms with Crippen LogP contribution in [0.5, 0.6) is 0 Å². The highest BCUT2D eigenvalue weighted by atomic mass is 15.2. The zero-order chi connectivity index (χ0) is 9.80. The molecular formula is C11H17N3. The maximum absolute atomic E-state index is 5.32. The number of benzene rings is 1. The molecule has 0 spiro atoms. The number of nitrogens with one attached hydrogen (secondary N) is 1. The maximum atomic E-state index is 5.32. The summed E-state index contributed by atoms with van der Waals surface area (Å²) in [6, 6.07) is 10.6. The summed E-state index contributed by atoms with van der Waals surface area (Å²) in [4.78, 5) is 2.42. The Labute approximate surface area is 84.9 Å². The van der Waals surface area contributed by atoms with E-state index in [-0.39, 0.29) is 0 Å². The Kier molecular flexibility index (Phi) is 3.01. The van der Waals surface area contributed by atoms with Crippen LogP contribution in [0.2, 0.25) is 0 Å². The van der Waals surface area contributed by atoms with Crippen molar-refractivity contribution in [2.45, 2.75) is 6.42 Å². The number of para-hydroxylation sites is 1. The van der Waals surface area contributed by atoms with Crippen LogP contribution in [-0.2, 0) is 0 Å². The molecule has 1 fully saturated rings. The third kappa shape index (κ3) is 2.05. The fraction of sp³-hybridized carbons (Fsp3) is 0.455. The van der Waals surface area contributed by atoms with Gasteiger partial charge in [0.15, 0.2) is 0 Å². The van der Waals surface area contributed by atoms with Crippen molar-refractivity contribution in [3.63, 3.8) is 0 Å². The van der Waals surface area contributed by atoms with Crippen molar-refractivity contribution < 1.29 is 0 Å². The van der Waals surface area contributed by atoms with Crippen LogP contribution in [-0.4, -0.2) is 19.6 Å². The minimum atomic E-state index is 0.695. The highest BCUT2D eigenvalue weighted by Crippen LogP contribution is 2.22. The van der Waals surface area contributed by atoms with Gasteiger partial charge in [0.2, 0.25) is 0 Å². The van der Waals surface area contributed by atoms with Gasteiger partial charge >= 0.3 is 0 Å². The molecule has 1 atom stereocenters. The smallest absolute Gasteiger partial charge is 0.0366 e. The number of nitrogens with zero attached hydrogens (tertiary/aromatic N) is 1. The van der Waals surface area contributed by atoms with E-state index in [1.54, 1.807) is 0 Å². The number of hydrogen-bond acceptors (Lipinski definition) is 3. The number of hydrazine groups is 1. The van der Waals surface area contributed by atoms with E-state index in [2.05, 4.69) is 40.7 Å². The summed E-state index contributed by atoms with van der Waals surface area (Å²) in [6.45, 7) is 3.19. The second-order valence-electron chi connectivity index (χ2n) is 3.84. The Balaban J connectivity index is 1.96. The summed E-state index contributed by atoms with van der Waals surface area (Å²) >= 11 is 0. The van der Waals surface area contributed by atoms with Gasteiger partial charge in [-0.15, -0.1) is 0 Å². The Hall–Kier alpha value is -1.06. The van der Waals surface area contributed by atoms with Crippen molar-refractivity contribution >= 4 is 5.69 Å². The third-order valence-electron chi connectivity index (χ3n) is 2.81. The van der Waals surface area contributed by atoms with E-state index < -0.39 is 0 Å². The van der Waals surface area contributed by atoms with Crippen LogP contribution in [0, 0.1) is 5.92 Å². The molecule has 0 saturated carbocycles. The van der Waals surface area contributed by atoms with Crippen LogP contribution in [0.15, 0.2) is 30.3 Å². The first kappa shape index (κ1) is 9.49. The van der Waals surface area contributed by atoms with Gasteiger partial charge in [-0.1, -0.05) is 18.2 Å². The largest absolute Gasteiger partial charge is 0.371 e. The highest BCUT2D eigenvalue weighted by molar-refractivity contribution is 5.46. The van der Waals surface area contributed by atoms with Crippen LogP contribution in [0.1, 0.15) is 6.42 Å². The molecule has 1 saturated heterocycles. The molecule has 0 amide bonds. The highest BCUT2D eigenvalue weighted by Gasteiger charge is 2.21. The average Bonchev–Trinajstić information content (AvgIpc) is 2.68. The molecule has 3 heteroatoms. The van der Waals surface area contributed by atoms with E-state index in [0.717, 1.165) is 19.6 Å². The van der Waals surface area contributed by atoms with Crippen molar-refractivity contribution in [2.24, 2.45) is 11.8 Å². The van der Waals surface area contributed by atoms with Gasteiger partial charge in [-0.05, 0) is 24.5 Å². The minimum Gasteiger partial charge on any atom is -0.371 e. The number of hydrogen-bond donors (Lipinski definition) is 2. The molecule has 1 unspecified atom stereocenters. The molecule has 76 valence electrons. The van der Waals surface area contributed by atoms with Crippen molar-refractivity contribution in [1.29, 1.82) is 0 Å². The monoisotopic (exact) mass is 191 g/mol. The molecule has 3 nitrogen and oxygen atoms in total. The first-order valence-corrected chi connectivity index (χ1v) is 5.13. The first-order valence-electron chi connectivity index (χ1n) is 5.13. The van der Waals surface area contributed by atoms with Crippen LogP contribution in [0.4, 0.5) is 5.69 Å². The van der Waals surface area contributed by atoms with Crippen molar-refractivity contribution in [2.75, 3.05) is 24.5 Å². The molecular weight excluding hydrogens is 174 g/mol. The lowest BCUT2D eigenvalue weighted by Gasteiger charge is -2.18. The molecule has 1 aromatic carbocycles. The molecule has 1 aliphatic rings. The number of nitrogens with two attached hydrogens (primary N) is 1. The van der Waals surface area contributed by atoms with E-state index in [1.807, 2.05) is 0 Å². The quantitative estimate of drug-likeness (QED) is 0.552. The molecule has 0 radical (unpaired) electrons. The van der Waals surface area contributed by atoms with Crippen molar-refractivity contribution in [3.8, 4) is 0 Å². The van der Waals surface area contributed by atoms with Gasteiger partial charge in [-0.25, -0.2) is 0 Å². The van der Waals surface area contributed by atoms with Gasteiger partial charge in [0.1, 0.15) is 0 Å². The van der Waals surface area contributed by atoms with Crippen molar-refractivity contribution in [1.82, 2.24) is 5.43 Å². The zero-order valence-electron chi connectivity index (χ0n) is 8.32. The summed E-state index contributed by atoms with van der Waals surface area (Å²) in [5.74, 6) is 6.02. The Morgan fingerprint density at radius 3 is 2.86 bits per heavy atom. The van der Waals surface area contributed by atoms with Gasteiger partial charge in [0.25, 0.3) is 0 Å². The molecule has 2 rings (SSSR count). The lowest BCUT2D eigenvalue weighted by atomic mass is 10.1. The fourth-order valence-electron chi connectivity index (χ4n) is 2.04. The SMILES string of the molecule is NNCC1CCN(c2ccccc2)C1. The normalized spacial score (nSPS) is 21.5. The van der Waals surface area contributed by atoms with E-state index in [9.17, 15) is 0 Å². The van der Waals surface area contributed by atoms with E-state index in [1.165, 1.54) is 12.1 Å². The van der Waals surface area contributed by atoms with Crippen LogP contribution in [0.25, 0.3) is 0 Å².